The molecule has 0 spiro atoms. The minimum Gasteiger partial charge on any atom is -0.462 e. The monoisotopic (exact) mass is 296 g/mol. The Labute approximate surface area is 132 Å². The molecule has 1 atom stereocenters. The van der Waals surface area contributed by atoms with Crippen molar-refractivity contribution in [3.05, 3.63) is 12.2 Å². The van der Waals surface area contributed by atoms with Crippen LogP contribution in [0.4, 0.5) is 0 Å². The van der Waals surface area contributed by atoms with Crippen molar-refractivity contribution in [2.45, 2.75) is 91.4 Å². The molecule has 0 aromatic heterocycles. The highest BCUT2D eigenvalue weighted by atomic mass is 16.5. The Bertz CT molecular complexity index is 271. The lowest BCUT2D eigenvalue weighted by Crippen LogP contribution is -2.07. The van der Waals surface area contributed by atoms with Gasteiger partial charge in [0.05, 0.1) is 6.61 Å². The molecule has 0 rings (SSSR count). The minimum absolute atomic E-state index is 0.259. The van der Waals surface area contributed by atoms with Crippen LogP contribution in [0.25, 0.3) is 0 Å². The fraction of sp³-hybridized carbons (Fsp3) is 0.842. The molecule has 0 fully saturated rings. The molecule has 0 N–H and O–H groups in total. The summed E-state index contributed by atoms with van der Waals surface area (Å²) in [6.07, 6.45) is 14.5. The first-order chi connectivity index (χ1) is 10.1. The van der Waals surface area contributed by atoms with Crippen LogP contribution in [-0.4, -0.2) is 12.6 Å². The molecule has 0 saturated heterocycles. The molecule has 0 saturated carbocycles. The first kappa shape index (κ1) is 20.2. The molecular formula is C19H36O2. The highest BCUT2D eigenvalue weighted by Gasteiger charge is 2.05. The van der Waals surface area contributed by atoms with Gasteiger partial charge in [-0.3, -0.25) is 0 Å². The highest BCUT2D eigenvalue weighted by molar-refractivity contribution is 5.86. The second-order valence-electron chi connectivity index (χ2n) is 6.43. The van der Waals surface area contributed by atoms with Gasteiger partial charge < -0.3 is 4.74 Å². The van der Waals surface area contributed by atoms with E-state index in [2.05, 4.69) is 20.4 Å². The molecule has 0 bridgehead atoms. The summed E-state index contributed by atoms with van der Waals surface area (Å²) in [5, 5.41) is 0. The van der Waals surface area contributed by atoms with E-state index in [1.54, 1.807) is 6.92 Å². The van der Waals surface area contributed by atoms with Gasteiger partial charge in [-0.15, -0.1) is 0 Å². The quantitative estimate of drug-likeness (QED) is 0.221. The summed E-state index contributed by atoms with van der Waals surface area (Å²) in [4.78, 5) is 11.2. The molecule has 0 aliphatic heterocycles. The maximum Gasteiger partial charge on any atom is 0.333 e. The van der Waals surface area contributed by atoms with Crippen LogP contribution < -0.4 is 0 Å². The molecule has 2 heteroatoms. The Morgan fingerprint density at radius 1 is 0.952 bits per heavy atom. The summed E-state index contributed by atoms with van der Waals surface area (Å²) in [6.45, 7) is 10.4. The third-order valence-corrected chi connectivity index (χ3v) is 3.97. The molecule has 0 amide bonds. The van der Waals surface area contributed by atoms with E-state index in [9.17, 15) is 4.79 Å². The van der Waals surface area contributed by atoms with E-state index in [1.807, 2.05) is 0 Å². The summed E-state index contributed by atoms with van der Waals surface area (Å²) in [5.74, 6) is 0.486. The van der Waals surface area contributed by atoms with Crippen LogP contribution in [0.3, 0.4) is 0 Å². The van der Waals surface area contributed by atoms with Crippen molar-refractivity contribution in [3.8, 4) is 0 Å². The maximum atomic E-state index is 11.2. The average molecular weight is 296 g/mol. The molecule has 0 aromatic rings. The van der Waals surface area contributed by atoms with E-state index in [4.69, 9.17) is 4.74 Å². The normalized spacial score (nSPS) is 12.1. The summed E-state index contributed by atoms with van der Waals surface area (Å²) in [7, 11) is 0. The van der Waals surface area contributed by atoms with Gasteiger partial charge in [0.15, 0.2) is 0 Å². The first-order valence-electron chi connectivity index (χ1n) is 8.90. The third kappa shape index (κ3) is 13.9. The van der Waals surface area contributed by atoms with E-state index >= 15 is 0 Å². The second-order valence-corrected chi connectivity index (χ2v) is 6.43. The van der Waals surface area contributed by atoms with Crippen LogP contribution in [0.1, 0.15) is 91.4 Å². The fourth-order valence-corrected chi connectivity index (χ4v) is 2.49. The average Bonchev–Trinajstić information content (AvgIpc) is 2.46. The zero-order chi connectivity index (χ0) is 15.9. The Kier molecular flexibility index (Phi) is 13.6. The van der Waals surface area contributed by atoms with Crippen molar-refractivity contribution < 1.29 is 9.53 Å². The SMILES string of the molecule is C=C(C)C(=O)OCCCC(C)CCCCCCCCCC. The van der Waals surface area contributed by atoms with Crippen molar-refractivity contribution in [2.75, 3.05) is 6.61 Å². The van der Waals surface area contributed by atoms with Crippen LogP contribution in [0.2, 0.25) is 0 Å². The van der Waals surface area contributed by atoms with Gasteiger partial charge in [0.1, 0.15) is 0 Å². The van der Waals surface area contributed by atoms with Crippen LogP contribution >= 0.6 is 0 Å². The van der Waals surface area contributed by atoms with E-state index in [0.29, 0.717) is 12.2 Å². The van der Waals surface area contributed by atoms with Crippen LogP contribution in [0.5, 0.6) is 0 Å². The van der Waals surface area contributed by atoms with E-state index < -0.39 is 0 Å². The molecule has 0 aliphatic carbocycles. The molecule has 0 aromatic carbocycles. The van der Waals surface area contributed by atoms with E-state index in [1.165, 1.54) is 57.8 Å². The number of unbranched alkanes of at least 4 members (excludes halogenated alkanes) is 7. The summed E-state index contributed by atoms with van der Waals surface area (Å²) in [6, 6.07) is 0. The summed E-state index contributed by atoms with van der Waals surface area (Å²) >= 11 is 0. The minimum atomic E-state index is -0.259. The van der Waals surface area contributed by atoms with Crippen LogP contribution in [0.15, 0.2) is 12.2 Å². The van der Waals surface area contributed by atoms with Gasteiger partial charge in [-0.1, -0.05) is 78.2 Å². The van der Waals surface area contributed by atoms with Gasteiger partial charge >= 0.3 is 5.97 Å². The number of rotatable bonds is 14. The number of ether oxygens (including phenoxy) is 1. The number of carbonyl (C=O) groups is 1. The van der Waals surface area contributed by atoms with Crippen LogP contribution in [0, 0.1) is 5.92 Å². The highest BCUT2D eigenvalue weighted by Crippen LogP contribution is 2.16. The van der Waals surface area contributed by atoms with Gasteiger partial charge in [-0.05, 0) is 25.7 Å². The topological polar surface area (TPSA) is 26.3 Å². The van der Waals surface area contributed by atoms with Gasteiger partial charge in [-0.2, -0.15) is 0 Å². The zero-order valence-electron chi connectivity index (χ0n) is 14.6. The van der Waals surface area contributed by atoms with Gasteiger partial charge in [0, 0.05) is 5.57 Å². The molecule has 21 heavy (non-hydrogen) atoms. The van der Waals surface area contributed by atoms with Crippen molar-refractivity contribution in [3.63, 3.8) is 0 Å². The lowest BCUT2D eigenvalue weighted by molar-refractivity contribution is -0.139. The Morgan fingerprint density at radius 3 is 2.05 bits per heavy atom. The Balaban J connectivity index is 3.29. The predicted octanol–water partition coefficient (Wildman–Crippen LogP) is 6.05. The van der Waals surface area contributed by atoms with Crippen molar-refractivity contribution in [1.82, 2.24) is 0 Å². The molecule has 0 aliphatic rings. The molecule has 0 radical (unpaired) electrons. The smallest absolute Gasteiger partial charge is 0.333 e. The summed E-state index contributed by atoms with van der Waals surface area (Å²) in [5.41, 5.74) is 0.488. The molecular weight excluding hydrogens is 260 g/mol. The van der Waals surface area contributed by atoms with Gasteiger partial charge in [0.25, 0.3) is 0 Å². The number of carbonyl (C=O) groups excluding carboxylic acids is 1. The fourth-order valence-electron chi connectivity index (χ4n) is 2.49. The van der Waals surface area contributed by atoms with Crippen molar-refractivity contribution >= 4 is 5.97 Å². The van der Waals surface area contributed by atoms with E-state index in [0.717, 1.165) is 18.8 Å². The largest absolute Gasteiger partial charge is 0.462 e. The number of esters is 1. The van der Waals surface area contributed by atoms with Crippen LogP contribution in [-0.2, 0) is 9.53 Å². The number of hydrogen-bond acceptors (Lipinski definition) is 2. The third-order valence-electron chi connectivity index (χ3n) is 3.97. The zero-order valence-corrected chi connectivity index (χ0v) is 14.6. The number of hydrogen-bond donors (Lipinski definition) is 0. The molecule has 0 heterocycles. The maximum absolute atomic E-state index is 11.2. The second kappa shape index (κ2) is 14.2. The standard InChI is InChI=1S/C19H36O2/c1-5-6-7-8-9-10-11-12-14-18(4)15-13-16-21-19(20)17(2)3/h18H,2,5-16H2,1,3-4H3. The molecule has 1 unspecified atom stereocenters. The van der Waals surface area contributed by atoms with E-state index in [-0.39, 0.29) is 5.97 Å². The first-order valence-corrected chi connectivity index (χ1v) is 8.90. The van der Waals surface area contributed by atoms with Gasteiger partial charge in [0.2, 0.25) is 0 Å². The Hall–Kier alpha value is -0.790. The predicted molar refractivity (Wildman–Crippen MR) is 91.4 cm³/mol. The Morgan fingerprint density at radius 2 is 1.48 bits per heavy atom. The molecule has 2 nitrogen and oxygen atoms in total. The van der Waals surface area contributed by atoms with Crippen molar-refractivity contribution in [1.29, 1.82) is 0 Å². The lowest BCUT2D eigenvalue weighted by Gasteiger charge is -2.11. The van der Waals surface area contributed by atoms with Gasteiger partial charge in [-0.25, -0.2) is 4.79 Å². The summed E-state index contributed by atoms with van der Waals surface area (Å²) < 4.78 is 5.11. The van der Waals surface area contributed by atoms with Crippen molar-refractivity contribution in [2.24, 2.45) is 5.92 Å². The molecule has 124 valence electrons. The lowest BCUT2D eigenvalue weighted by atomic mass is 9.97.